The molecular formula is C15H19FN2O4. The van der Waals surface area contributed by atoms with E-state index in [-0.39, 0.29) is 19.1 Å². The fraction of sp³-hybridized carbons (Fsp3) is 0.467. The first-order valence-electron chi connectivity index (χ1n) is 7.00. The Hall–Kier alpha value is -2.15. The van der Waals surface area contributed by atoms with Crippen molar-refractivity contribution >= 4 is 23.3 Å². The lowest BCUT2D eigenvalue weighted by Gasteiger charge is -2.36. The molecule has 7 heteroatoms. The summed E-state index contributed by atoms with van der Waals surface area (Å²) in [6.45, 7) is 3.64. The van der Waals surface area contributed by atoms with E-state index in [0.29, 0.717) is 11.4 Å². The lowest BCUT2D eigenvalue weighted by atomic mass is 10.1. The third-order valence-corrected chi connectivity index (χ3v) is 3.46. The molecule has 2 unspecified atom stereocenters. The highest BCUT2D eigenvalue weighted by molar-refractivity contribution is 6.08. The zero-order valence-corrected chi connectivity index (χ0v) is 12.8. The van der Waals surface area contributed by atoms with Crippen LogP contribution in [0.5, 0.6) is 0 Å². The Morgan fingerprint density at radius 1 is 1.45 bits per heavy atom. The van der Waals surface area contributed by atoms with Gasteiger partial charge in [0.15, 0.2) is 0 Å². The number of amides is 1. The van der Waals surface area contributed by atoms with Gasteiger partial charge < -0.3 is 14.8 Å². The van der Waals surface area contributed by atoms with Crippen LogP contribution in [0.1, 0.15) is 13.8 Å². The van der Waals surface area contributed by atoms with Crippen LogP contribution in [0.15, 0.2) is 18.2 Å². The number of esters is 1. The number of benzene rings is 1. The summed E-state index contributed by atoms with van der Waals surface area (Å²) in [5.74, 6) is -1.21. The maximum atomic E-state index is 13.4. The van der Waals surface area contributed by atoms with Crippen molar-refractivity contribution in [3.8, 4) is 0 Å². The first kappa shape index (κ1) is 16.2. The molecule has 0 aliphatic carbocycles. The van der Waals surface area contributed by atoms with Crippen molar-refractivity contribution in [2.45, 2.75) is 25.9 Å². The fourth-order valence-electron chi connectivity index (χ4n) is 2.31. The standard InChI is InChI=1S/C15H19FN2O4/c1-9-14(19)18(10(2)15(20)22-7-6-21-3)13-5-4-11(16)8-12(13)17-9/h4-5,8-10,17H,6-7H2,1-3H3. The van der Waals surface area contributed by atoms with Crippen molar-refractivity contribution in [1.82, 2.24) is 0 Å². The number of hydrogen-bond donors (Lipinski definition) is 1. The molecule has 2 atom stereocenters. The average Bonchev–Trinajstić information content (AvgIpc) is 2.48. The summed E-state index contributed by atoms with van der Waals surface area (Å²) in [5, 5.41) is 2.92. The SMILES string of the molecule is COCCOC(=O)C(C)N1C(=O)C(C)Nc2cc(F)ccc21. The zero-order valence-electron chi connectivity index (χ0n) is 12.8. The topological polar surface area (TPSA) is 67.9 Å². The number of ether oxygens (including phenoxy) is 2. The molecule has 1 N–H and O–H groups in total. The average molecular weight is 310 g/mol. The van der Waals surface area contributed by atoms with Gasteiger partial charge in [-0.1, -0.05) is 0 Å². The summed E-state index contributed by atoms with van der Waals surface area (Å²) in [6, 6.07) is 2.66. The number of rotatable bonds is 5. The monoisotopic (exact) mass is 310 g/mol. The summed E-state index contributed by atoms with van der Waals surface area (Å²) in [4.78, 5) is 25.8. The number of nitrogens with one attached hydrogen (secondary N) is 1. The van der Waals surface area contributed by atoms with Crippen molar-refractivity contribution < 1.29 is 23.5 Å². The van der Waals surface area contributed by atoms with Crippen molar-refractivity contribution in [2.75, 3.05) is 30.5 Å². The minimum Gasteiger partial charge on any atom is -0.462 e. The van der Waals surface area contributed by atoms with Gasteiger partial charge in [-0.05, 0) is 32.0 Å². The molecule has 1 aliphatic heterocycles. The van der Waals surface area contributed by atoms with Gasteiger partial charge in [-0.3, -0.25) is 9.69 Å². The normalized spacial score (nSPS) is 18.5. The van der Waals surface area contributed by atoms with Gasteiger partial charge >= 0.3 is 5.97 Å². The van der Waals surface area contributed by atoms with E-state index in [1.54, 1.807) is 13.8 Å². The summed E-state index contributed by atoms with van der Waals surface area (Å²) in [7, 11) is 1.50. The number of halogens is 1. The number of fused-ring (bicyclic) bond motifs is 1. The Bertz CT molecular complexity index is 579. The van der Waals surface area contributed by atoms with Crippen LogP contribution in [0.3, 0.4) is 0 Å². The van der Waals surface area contributed by atoms with E-state index in [1.807, 2.05) is 0 Å². The van der Waals surface area contributed by atoms with Gasteiger partial charge in [-0.15, -0.1) is 0 Å². The van der Waals surface area contributed by atoms with Gasteiger partial charge in [0.25, 0.3) is 0 Å². The minimum atomic E-state index is -0.807. The number of anilines is 2. The van der Waals surface area contributed by atoms with Crippen LogP contribution < -0.4 is 10.2 Å². The summed E-state index contributed by atoms with van der Waals surface area (Å²) in [5.41, 5.74) is 0.935. The lowest BCUT2D eigenvalue weighted by molar-refractivity contribution is -0.147. The van der Waals surface area contributed by atoms with Gasteiger partial charge in [0, 0.05) is 7.11 Å². The van der Waals surface area contributed by atoms with Crippen molar-refractivity contribution in [2.24, 2.45) is 0 Å². The van der Waals surface area contributed by atoms with E-state index >= 15 is 0 Å². The summed E-state index contributed by atoms with van der Waals surface area (Å²) >= 11 is 0. The molecule has 1 heterocycles. The number of hydrogen-bond acceptors (Lipinski definition) is 5. The molecule has 1 aromatic carbocycles. The Kier molecular flexibility index (Phi) is 4.97. The van der Waals surface area contributed by atoms with Crippen LogP contribution in [0.25, 0.3) is 0 Å². The molecule has 1 amide bonds. The molecule has 1 aliphatic rings. The third-order valence-electron chi connectivity index (χ3n) is 3.46. The predicted octanol–water partition coefficient (Wildman–Crippen LogP) is 1.55. The van der Waals surface area contributed by atoms with Crippen LogP contribution in [0.4, 0.5) is 15.8 Å². The van der Waals surface area contributed by atoms with Crippen LogP contribution >= 0.6 is 0 Å². The van der Waals surface area contributed by atoms with Crippen LogP contribution in [-0.2, 0) is 19.1 Å². The second kappa shape index (κ2) is 6.74. The highest BCUT2D eigenvalue weighted by Gasteiger charge is 2.36. The summed E-state index contributed by atoms with van der Waals surface area (Å²) < 4.78 is 23.2. The Morgan fingerprint density at radius 3 is 2.86 bits per heavy atom. The molecule has 6 nitrogen and oxygen atoms in total. The first-order chi connectivity index (χ1) is 10.5. The number of carbonyl (C=O) groups is 2. The van der Waals surface area contributed by atoms with Gasteiger partial charge in [0.1, 0.15) is 24.5 Å². The van der Waals surface area contributed by atoms with E-state index in [2.05, 4.69) is 5.32 Å². The molecular weight excluding hydrogens is 291 g/mol. The van der Waals surface area contributed by atoms with E-state index in [0.717, 1.165) is 0 Å². The first-order valence-corrected chi connectivity index (χ1v) is 7.00. The smallest absolute Gasteiger partial charge is 0.329 e. The molecule has 120 valence electrons. The fourth-order valence-corrected chi connectivity index (χ4v) is 2.31. The minimum absolute atomic E-state index is 0.117. The number of carbonyl (C=O) groups excluding carboxylic acids is 2. The maximum absolute atomic E-state index is 13.4. The summed E-state index contributed by atoms with van der Waals surface area (Å²) in [6.07, 6.45) is 0. The molecule has 0 saturated carbocycles. The maximum Gasteiger partial charge on any atom is 0.329 e. The van der Waals surface area contributed by atoms with E-state index in [1.165, 1.54) is 30.2 Å². The van der Waals surface area contributed by atoms with Crippen LogP contribution in [0.2, 0.25) is 0 Å². The van der Waals surface area contributed by atoms with E-state index in [4.69, 9.17) is 9.47 Å². The Morgan fingerprint density at radius 2 is 2.18 bits per heavy atom. The molecule has 0 spiro atoms. The van der Waals surface area contributed by atoms with Crippen molar-refractivity contribution in [1.29, 1.82) is 0 Å². The molecule has 0 radical (unpaired) electrons. The molecule has 22 heavy (non-hydrogen) atoms. The largest absolute Gasteiger partial charge is 0.462 e. The van der Waals surface area contributed by atoms with Crippen molar-refractivity contribution in [3.63, 3.8) is 0 Å². The van der Waals surface area contributed by atoms with Crippen LogP contribution in [0, 0.1) is 5.82 Å². The van der Waals surface area contributed by atoms with E-state index in [9.17, 15) is 14.0 Å². The van der Waals surface area contributed by atoms with E-state index < -0.39 is 23.9 Å². The number of nitrogens with zero attached hydrogens (tertiary/aromatic N) is 1. The van der Waals surface area contributed by atoms with Crippen molar-refractivity contribution in [3.05, 3.63) is 24.0 Å². The zero-order chi connectivity index (χ0) is 16.3. The molecule has 0 fully saturated rings. The third kappa shape index (κ3) is 3.19. The second-order valence-electron chi connectivity index (χ2n) is 5.07. The Labute approximate surface area is 128 Å². The molecule has 2 rings (SSSR count). The highest BCUT2D eigenvalue weighted by Crippen LogP contribution is 2.33. The molecule has 0 bridgehead atoms. The van der Waals surface area contributed by atoms with Gasteiger partial charge in [-0.2, -0.15) is 0 Å². The lowest BCUT2D eigenvalue weighted by Crippen LogP contribution is -2.52. The molecule has 0 saturated heterocycles. The predicted molar refractivity (Wildman–Crippen MR) is 79.3 cm³/mol. The molecule has 0 aromatic heterocycles. The van der Waals surface area contributed by atoms with Crippen LogP contribution in [-0.4, -0.2) is 44.3 Å². The Balaban J connectivity index is 2.25. The second-order valence-corrected chi connectivity index (χ2v) is 5.07. The van der Waals surface area contributed by atoms with Gasteiger partial charge in [0.05, 0.1) is 18.0 Å². The highest BCUT2D eigenvalue weighted by atomic mass is 19.1. The number of methoxy groups -OCH3 is 1. The van der Waals surface area contributed by atoms with Gasteiger partial charge in [-0.25, -0.2) is 9.18 Å². The van der Waals surface area contributed by atoms with Gasteiger partial charge in [0.2, 0.25) is 5.91 Å². The molecule has 1 aromatic rings. The quantitative estimate of drug-likeness (QED) is 0.660.